The van der Waals surface area contributed by atoms with Gasteiger partial charge in [0.25, 0.3) is 0 Å². The van der Waals surface area contributed by atoms with E-state index in [0.29, 0.717) is 0 Å². The summed E-state index contributed by atoms with van der Waals surface area (Å²) in [6.45, 7) is 7.03. The molecule has 0 aliphatic heterocycles. The highest BCUT2D eigenvalue weighted by Crippen LogP contribution is 2.55. The SMILES string of the molecule is Cc1cc2c(c3ccccc13)-c1c(cc(-c3ccc(-c4ccccc4)cc3)c3ccccc13)C2(C)C. The number of hydrogen-bond donors (Lipinski definition) is 0. The first-order valence-electron chi connectivity index (χ1n) is 12.8. The van der Waals surface area contributed by atoms with Crippen LogP contribution in [0.1, 0.15) is 30.5 Å². The number of benzene rings is 6. The van der Waals surface area contributed by atoms with Crippen LogP contribution in [-0.2, 0) is 5.41 Å². The first kappa shape index (κ1) is 21.1. The van der Waals surface area contributed by atoms with Crippen molar-refractivity contribution in [1.82, 2.24) is 0 Å². The summed E-state index contributed by atoms with van der Waals surface area (Å²) in [6, 6.07) is 42.5. The Labute approximate surface area is 212 Å². The summed E-state index contributed by atoms with van der Waals surface area (Å²) in [5.41, 5.74) is 12.1. The van der Waals surface area contributed by atoms with Gasteiger partial charge in [0.05, 0.1) is 0 Å². The Balaban J connectivity index is 1.51. The van der Waals surface area contributed by atoms with Crippen LogP contribution in [0.3, 0.4) is 0 Å². The highest BCUT2D eigenvalue weighted by molar-refractivity contribution is 6.14. The van der Waals surface area contributed by atoms with Crippen molar-refractivity contribution in [2.75, 3.05) is 0 Å². The summed E-state index contributed by atoms with van der Waals surface area (Å²) in [6.07, 6.45) is 0. The van der Waals surface area contributed by atoms with Gasteiger partial charge in [-0.15, -0.1) is 0 Å². The summed E-state index contributed by atoms with van der Waals surface area (Å²) in [4.78, 5) is 0. The topological polar surface area (TPSA) is 0 Å². The van der Waals surface area contributed by atoms with E-state index >= 15 is 0 Å². The maximum absolute atomic E-state index is 2.47. The molecule has 0 heterocycles. The molecule has 0 aromatic heterocycles. The summed E-state index contributed by atoms with van der Waals surface area (Å²) >= 11 is 0. The van der Waals surface area contributed by atoms with Gasteiger partial charge in [-0.25, -0.2) is 0 Å². The zero-order chi connectivity index (χ0) is 24.4. The van der Waals surface area contributed by atoms with Crippen molar-refractivity contribution in [2.45, 2.75) is 26.2 Å². The first-order valence-corrected chi connectivity index (χ1v) is 12.8. The van der Waals surface area contributed by atoms with Crippen LogP contribution in [0, 0.1) is 6.92 Å². The molecule has 0 N–H and O–H groups in total. The van der Waals surface area contributed by atoms with Gasteiger partial charge in [0.2, 0.25) is 0 Å². The largest absolute Gasteiger partial charge is 0.0622 e. The van der Waals surface area contributed by atoms with Gasteiger partial charge >= 0.3 is 0 Å². The molecule has 0 heteroatoms. The molecule has 0 amide bonds. The molecule has 6 aromatic rings. The molecule has 6 aromatic carbocycles. The summed E-state index contributed by atoms with van der Waals surface area (Å²) < 4.78 is 0. The lowest BCUT2D eigenvalue weighted by Crippen LogP contribution is -2.15. The maximum atomic E-state index is 2.47. The van der Waals surface area contributed by atoms with E-state index in [1.165, 1.54) is 71.6 Å². The molecule has 1 aliphatic rings. The molecule has 0 bridgehead atoms. The van der Waals surface area contributed by atoms with Gasteiger partial charge in [0.15, 0.2) is 0 Å². The third-order valence-corrected chi connectivity index (χ3v) is 8.20. The summed E-state index contributed by atoms with van der Waals surface area (Å²) in [5, 5.41) is 5.38. The van der Waals surface area contributed by atoms with E-state index in [4.69, 9.17) is 0 Å². The zero-order valence-electron chi connectivity index (χ0n) is 21.0. The van der Waals surface area contributed by atoms with Gasteiger partial charge < -0.3 is 0 Å². The van der Waals surface area contributed by atoms with Crippen molar-refractivity contribution in [3.63, 3.8) is 0 Å². The minimum Gasteiger partial charge on any atom is -0.0622 e. The Morgan fingerprint density at radius 1 is 0.444 bits per heavy atom. The van der Waals surface area contributed by atoms with Crippen LogP contribution in [0.4, 0.5) is 0 Å². The lowest BCUT2D eigenvalue weighted by atomic mass is 9.80. The molecule has 0 saturated carbocycles. The molecule has 1 aliphatic carbocycles. The minimum atomic E-state index is -0.0672. The number of aryl methyl sites for hydroxylation is 1. The van der Waals surface area contributed by atoms with E-state index in [1.54, 1.807) is 0 Å². The lowest BCUT2D eigenvalue weighted by molar-refractivity contribution is 0.661. The second-order valence-corrected chi connectivity index (χ2v) is 10.6. The Bertz CT molecular complexity index is 1780. The van der Waals surface area contributed by atoms with Crippen LogP contribution in [0.2, 0.25) is 0 Å². The smallest absolute Gasteiger partial charge is 0.0159 e. The summed E-state index contributed by atoms with van der Waals surface area (Å²) in [5.74, 6) is 0. The quantitative estimate of drug-likeness (QED) is 0.241. The van der Waals surface area contributed by atoms with Crippen LogP contribution in [0.25, 0.3) is 54.9 Å². The number of fused-ring (bicyclic) bond motifs is 7. The molecular formula is C36H28. The van der Waals surface area contributed by atoms with Crippen molar-refractivity contribution in [3.8, 4) is 33.4 Å². The third kappa shape index (κ3) is 2.94. The highest BCUT2D eigenvalue weighted by atomic mass is 14.4. The molecule has 0 atom stereocenters. The van der Waals surface area contributed by atoms with Crippen molar-refractivity contribution < 1.29 is 0 Å². The van der Waals surface area contributed by atoms with Gasteiger partial charge in [-0.05, 0) is 84.6 Å². The van der Waals surface area contributed by atoms with E-state index in [-0.39, 0.29) is 5.41 Å². The molecule has 0 spiro atoms. The van der Waals surface area contributed by atoms with E-state index in [2.05, 4.69) is 136 Å². The molecule has 0 fully saturated rings. The summed E-state index contributed by atoms with van der Waals surface area (Å²) in [7, 11) is 0. The van der Waals surface area contributed by atoms with Crippen molar-refractivity contribution in [2.24, 2.45) is 0 Å². The van der Waals surface area contributed by atoms with Crippen LogP contribution >= 0.6 is 0 Å². The Hall–Kier alpha value is -4.16. The average Bonchev–Trinajstić information content (AvgIpc) is 3.15. The Morgan fingerprint density at radius 3 is 1.58 bits per heavy atom. The van der Waals surface area contributed by atoms with Crippen molar-refractivity contribution >= 4 is 21.5 Å². The maximum Gasteiger partial charge on any atom is 0.0159 e. The van der Waals surface area contributed by atoms with Crippen molar-refractivity contribution in [3.05, 3.63) is 132 Å². The molecule has 36 heavy (non-hydrogen) atoms. The van der Waals surface area contributed by atoms with E-state index in [1.807, 2.05) is 0 Å². The van der Waals surface area contributed by atoms with Crippen LogP contribution in [0.5, 0.6) is 0 Å². The van der Waals surface area contributed by atoms with Crippen LogP contribution in [0.15, 0.2) is 115 Å². The fourth-order valence-corrected chi connectivity index (χ4v) is 6.31. The molecule has 7 rings (SSSR count). The number of hydrogen-bond acceptors (Lipinski definition) is 0. The van der Waals surface area contributed by atoms with E-state index in [9.17, 15) is 0 Å². The first-order chi connectivity index (χ1) is 17.5. The second-order valence-electron chi connectivity index (χ2n) is 10.6. The van der Waals surface area contributed by atoms with Gasteiger partial charge in [-0.1, -0.05) is 123 Å². The second kappa shape index (κ2) is 7.67. The highest BCUT2D eigenvalue weighted by Gasteiger charge is 2.38. The fraction of sp³-hybridized carbons (Fsp3) is 0.111. The fourth-order valence-electron chi connectivity index (χ4n) is 6.31. The van der Waals surface area contributed by atoms with Crippen LogP contribution in [-0.4, -0.2) is 0 Å². The molecule has 0 saturated heterocycles. The third-order valence-electron chi connectivity index (χ3n) is 8.20. The van der Waals surface area contributed by atoms with Crippen molar-refractivity contribution in [1.29, 1.82) is 0 Å². The Morgan fingerprint density at radius 2 is 0.917 bits per heavy atom. The predicted octanol–water partition coefficient (Wildman–Crippen LogP) is 9.94. The minimum absolute atomic E-state index is 0.0672. The van der Waals surface area contributed by atoms with Gasteiger partial charge in [0, 0.05) is 5.41 Å². The number of rotatable bonds is 2. The van der Waals surface area contributed by atoms with Gasteiger partial charge in [-0.3, -0.25) is 0 Å². The standard InChI is InChI=1S/C36H28/c1-23-21-32-34(29-15-9-7-13-27(23)29)35-30-16-10-8-14-28(30)31(22-33(35)36(32,2)3)26-19-17-25(18-20-26)24-11-5-4-6-12-24/h4-22H,1-3H3. The Kier molecular flexibility index (Phi) is 4.51. The molecular weight excluding hydrogens is 432 g/mol. The zero-order valence-corrected chi connectivity index (χ0v) is 21.0. The average molecular weight is 461 g/mol. The molecule has 0 unspecified atom stereocenters. The molecule has 0 nitrogen and oxygen atoms in total. The normalized spacial score (nSPS) is 13.6. The predicted molar refractivity (Wildman–Crippen MR) is 155 cm³/mol. The van der Waals surface area contributed by atoms with E-state index in [0.717, 1.165) is 0 Å². The van der Waals surface area contributed by atoms with Gasteiger partial charge in [0.1, 0.15) is 0 Å². The van der Waals surface area contributed by atoms with Gasteiger partial charge in [-0.2, -0.15) is 0 Å². The molecule has 0 radical (unpaired) electrons. The lowest BCUT2D eigenvalue weighted by Gasteiger charge is -2.23. The monoisotopic (exact) mass is 460 g/mol. The van der Waals surface area contributed by atoms with E-state index < -0.39 is 0 Å². The molecule has 172 valence electrons. The van der Waals surface area contributed by atoms with Crippen LogP contribution < -0.4 is 0 Å².